The molecule has 0 saturated carbocycles. The third kappa shape index (κ3) is 5.18. The van der Waals surface area contributed by atoms with Crippen LogP contribution in [0.1, 0.15) is 0 Å². The number of nitrogens with zero attached hydrogens (tertiary/aromatic N) is 2. The van der Waals surface area contributed by atoms with Crippen LogP contribution < -0.4 is 10.1 Å². The van der Waals surface area contributed by atoms with E-state index in [2.05, 4.69) is 10.2 Å². The number of amides is 2. The first kappa shape index (κ1) is 19.1. The topological polar surface area (TPSA) is 54.0 Å². The van der Waals surface area contributed by atoms with E-state index < -0.39 is 5.82 Å². The first-order chi connectivity index (χ1) is 13.2. The fraction of sp³-hybridized carbons (Fsp3) is 0.350. The Balaban J connectivity index is 1.64. The molecule has 2 aromatic carbocycles. The number of rotatable bonds is 6. The maximum atomic E-state index is 14.3. The van der Waals surface area contributed by atoms with Gasteiger partial charge in [0, 0.05) is 39.8 Å². The predicted molar refractivity (Wildman–Crippen MR) is 102 cm³/mol. The molecule has 0 radical (unpaired) electrons. The molecular weight excluding hydrogens is 349 g/mol. The van der Waals surface area contributed by atoms with Gasteiger partial charge in [0.25, 0.3) is 0 Å². The lowest BCUT2D eigenvalue weighted by Gasteiger charge is -2.34. The lowest BCUT2D eigenvalue weighted by Crippen LogP contribution is -2.50. The Labute approximate surface area is 158 Å². The van der Waals surface area contributed by atoms with Crippen molar-refractivity contribution in [2.45, 2.75) is 0 Å². The van der Waals surface area contributed by atoms with Gasteiger partial charge in [-0.3, -0.25) is 4.90 Å². The van der Waals surface area contributed by atoms with E-state index in [1.165, 1.54) is 6.07 Å². The average Bonchev–Trinajstić information content (AvgIpc) is 2.70. The molecule has 0 aliphatic carbocycles. The highest BCUT2D eigenvalue weighted by molar-refractivity contribution is 5.91. The SMILES string of the molecule is COCCN1CCN(C(=O)Nc2c(F)cccc2Oc2ccccc2)CC1. The Morgan fingerprint density at radius 1 is 1.07 bits per heavy atom. The van der Waals surface area contributed by atoms with Crippen LogP contribution in [0.15, 0.2) is 48.5 Å². The molecule has 1 aliphatic rings. The van der Waals surface area contributed by atoms with Crippen molar-refractivity contribution in [1.82, 2.24) is 9.80 Å². The molecule has 7 heteroatoms. The summed E-state index contributed by atoms with van der Waals surface area (Å²) in [5, 5.41) is 2.67. The zero-order valence-electron chi connectivity index (χ0n) is 15.4. The lowest BCUT2D eigenvalue weighted by atomic mass is 10.2. The zero-order chi connectivity index (χ0) is 19.1. The molecule has 1 heterocycles. The maximum Gasteiger partial charge on any atom is 0.322 e. The predicted octanol–water partition coefficient (Wildman–Crippen LogP) is 3.41. The Kier molecular flexibility index (Phi) is 6.62. The number of hydrogen-bond donors (Lipinski definition) is 1. The molecule has 2 amide bonds. The second-order valence-corrected chi connectivity index (χ2v) is 6.28. The van der Waals surface area contributed by atoms with E-state index in [9.17, 15) is 9.18 Å². The van der Waals surface area contributed by atoms with Crippen LogP contribution in [0.5, 0.6) is 11.5 Å². The molecule has 0 bridgehead atoms. The van der Waals surface area contributed by atoms with E-state index in [0.717, 1.165) is 19.6 Å². The number of piperazine rings is 1. The number of carbonyl (C=O) groups is 1. The minimum Gasteiger partial charge on any atom is -0.455 e. The van der Waals surface area contributed by atoms with Gasteiger partial charge in [-0.1, -0.05) is 24.3 Å². The van der Waals surface area contributed by atoms with Crippen molar-refractivity contribution in [1.29, 1.82) is 0 Å². The molecule has 0 aromatic heterocycles. The summed E-state index contributed by atoms with van der Waals surface area (Å²) in [6.07, 6.45) is 0. The zero-order valence-corrected chi connectivity index (χ0v) is 15.4. The molecule has 0 atom stereocenters. The Hall–Kier alpha value is -2.64. The molecule has 27 heavy (non-hydrogen) atoms. The van der Waals surface area contributed by atoms with Crippen molar-refractivity contribution in [2.24, 2.45) is 0 Å². The molecule has 144 valence electrons. The molecule has 1 saturated heterocycles. The maximum absolute atomic E-state index is 14.3. The van der Waals surface area contributed by atoms with Crippen molar-refractivity contribution >= 4 is 11.7 Å². The van der Waals surface area contributed by atoms with Gasteiger partial charge in [-0.2, -0.15) is 0 Å². The van der Waals surface area contributed by atoms with Crippen LogP contribution >= 0.6 is 0 Å². The van der Waals surface area contributed by atoms with Crippen LogP contribution in [0.2, 0.25) is 0 Å². The number of para-hydroxylation sites is 2. The van der Waals surface area contributed by atoms with Gasteiger partial charge in [0.1, 0.15) is 11.4 Å². The Morgan fingerprint density at radius 2 is 1.81 bits per heavy atom. The van der Waals surface area contributed by atoms with Crippen LogP contribution in [0, 0.1) is 5.82 Å². The van der Waals surface area contributed by atoms with Gasteiger partial charge < -0.3 is 19.7 Å². The van der Waals surface area contributed by atoms with E-state index in [0.29, 0.717) is 25.4 Å². The molecule has 2 aromatic rings. The summed E-state index contributed by atoms with van der Waals surface area (Å²) in [5.41, 5.74) is 0.0492. The van der Waals surface area contributed by atoms with Crippen LogP contribution in [0.3, 0.4) is 0 Å². The quantitative estimate of drug-likeness (QED) is 0.843. The van der Waals surface area contributed by atoms with E-state index in [1.807, 2.05) is 18.2 Å². The minimum atomic E-state index is -0.532. The molecule has 1 aliphatic heterocycles. The van der Waals surface area contributed by atoms with Gasteiger partial charge in [0.2, 0.25) is 0 Å². The summed E-state index contributed by atoms with van der Waals surface area (Å²) in [4.78, 5) is 16.5. The monoisotopic (exact) mass is 373 g/mol. The first-order valence-corrected chi connectivity index (χ1v) is 8.96. The normalized spacial score (nSPS) is 14.8. The Bertz CT molecular complexity index is 749. The summed E-state index contributed by atoms with van der Waals surface area (Å²) in [5.74, 6) is 0.314. The fourth-order valence-corrected chi connectivity index (χ4v) is 2.91. The number of benzene rings is 2. The number of nitrogens with one attached hydrogen (secondary N) is 1. The van der Waals surface area contributed by atoms with Crippen LogP contribution in [0.25, 0.3) is 0 Å². The van der Waals surface area contributed by atoms with Crippen molar-refractivity contribution in [2.75, 3.05) is 51.8 Å². The van der Waals surface area contributed by atoms with Crippen molar-refractivity contribution < 1.29 is 18.7 Å². The highest BCUT2D eigenvalue weighted by Crippen LogP contribution is 2.31. The second kappa shape index (κ2) is 9.34. The van der Waals surface area contributed by atoms with Gasteiger partial charge in [-0.15, -0.1) is 0 Å². The molecule has 6 nitrogen and oxygen atoms in total. The van der Waals surface area contributed by atoms with Crippen molar-refractivity contribution in [3.8, 4) is 11.5 Å². The summed E-state index contributed by atoms with van der Waals surface area (Å²) >= 11 is 0. The molecule has 3 rings (SSSR count). The first-order valence-electron chi connectivity index (χ1n) is 8.96. The number of ether oxygens (including phenoxy) is 2. The smallest absolute Gasteiger partial charge is 0.322 e. The highest BCUT2D eigenvalue weighted by Gasteiger charge is 2.23. The van der Waals surface area contributed by atoms with E-state index >= 15 is 0 Å². The van der Waals surface area contributed by atoms with Gasteiger partial charge in [0.05, 0.1) is 6.61 Å². The number of carbonyl (C=O) groups excluding carboxylic acids is 1. The third-order valence-corrected chi connectivity index (χ3v) is 4.45. The van der Waals surface area contributed by atoms with Crippen LogP contribution in [0.4, 0.5) is 14.9 Å². The van der Waals surface area contributed by atoms with E-state index in [4.69, 9.17) is 9.47 Å². The molecule has 0 spiro atoms. The lowest BCUT2D eigenvalue weighted by molar-refractivity contribution is 0.109. The largest absolute Gasteiger partial charge is 0.455 e. The number of halogens is 1. The average molecular weight is 373 g/mol. The number of anilines is 1. The number of urea groups is 1. The molecular formula is C20H24FN3O3. The van der Waals surface area contributed by atoms with Gasteiger partial charge in [-0.25, -0.2) is 9.18 Å². The highest BCUT2D eigenvalue weighted by atomic mass is 19.1. The van der Waals surface area contributed by atoms with Gasteiger partial charge in [0.15, 0.2) is 11.6 Å². The van der Waals surface area contributed by atoms with Crippen LogP contribution in [-0.4, -0.2) is 62.3 Å². The van der Waals surface area contributed by atoms with Crippen LogP contribution in [-0.2, 0) is 4.74 Å². The minimum absolute atomic E-state index is 0.0492. The standard InChI is InChI=1S/C20H24FN3O3/c1-26-15-14-23-10-12-24(13-11-23)20(25)22-19-17(21)8-5-9-18(19)27-16-6-3-2-4-7-16/h2-9H,10-15H2,1H3,(H,22,25). The van der Waals surface area contributed by atoms with Gasteiger partial charge >= 0.3 is 6.03 Å². The van der Waals surface area contributed by atoms with E-state index in [1.54, 1.807) is 36.3 Å². The fourth-order valence-electron chi connectivity index (χ4n) is 2.91. The summed E-state index contributed by atoms with van der Waals surface area (Å²) in [6, 6.07) is 13.2. The Morgan fingerprint density at radius 3 is 2.52 bits per heavy atom. The van der Waals surface area contributed by atoms with Crippen molar-refractivity contribution in [3.63, 3.8) is 0 Å². The number of methoxy groups -OCH3 is 1. The molecule has 1 fully saturated rings. The third-order valence-electron chi connectivity index (χ3n) is 4.45. The van der Waals surface area contributed by atoms with E-state index in [-0.39, 0.29) is 17.5 Å². The summed E-state index contributed by atoms with van der Waals surface area (Å²) < 4.78 is 25.2. The number of hydrogen-bond acceptors (Lipinski definition) is 4. The molecule has 1 N–H and O–H groups in total. The van der Waals surface area contributed by atoms with Gasteiger partial charge in [-0.05, 0) is 24.3 Å². The molecule has 0 unspecified atom stereocenters. The summed E-state index contributed by atoms with van der Waals surface area (Å²) in [6.45, 7) is 4.20. The second-order valence-electron chi connectivity index (χ2n) is 6.28. The van der Waals surface area contributed by atoms with Crippen molar-refractivity contribution in [3.05, 3.63) is 54.3 Å². The summed E-state index contributed by atoms with van der Waals surface area (Å²) in [7, 11) is 1.67.